The van der Waals surface area contributed by atoms with Crippen LogP contribution in [0.5, 0.6) is 0 Å². The van der Waals surface area contributed by atoms with Crippen LogP contribution in [0.15, 0.2) is 0 Å². The van der Waals surface area contributed by atoms with Crippen LogP contribution in [-0.4, -0.2) is 64.0 Å². The van der Waals surface area contributed by atoms with Crippen molar-refractivity contribution in [3.05, 3.63) is 0 Å². The van der Waals surface area contributed by atoms with Crippen LogP contribution in [0, 0.1) is 11.8 Å². The highest BCUT2D eigenvalue weighted by molar-refractivity contribution is 8.13. The molecule has 0 aromatic carbocycles. The molecule has 2 fully saturated rings. The Morgan fingerprint density at radius 3 is 2.74 bits per heavy atom. The van der Waals surface area contributed by atoms with E-state index >= 15 is 0 Å². The maximum absolute atomic E-state index is 12.1. The van der Waals surface area contributed by atoms with Gasteiger partial charge in [0.2, 0.25) is 5.91 Å². The maximum atomic E-state index is 12.1. The summed E-state index contributed by atoms with van der Waals surface area (Å²) in [6.07, 6.45) is 0.609. The average Bonchev–Trinajstić information content (AvgIpc) is 2.74. The number of piperidine rings is 1. The Hall–Kier alpha value is -1.24. The number of likely N-dealkylation sites (tertiary alicyclic amines) is 1. The van der Waals surface area contributed by atoms with Crippen molar-refractivity contribution in [3.63, 3.8) is 0 Å². The Bertz CT molecular complexity index is 401. The molecule has 0 saturated carbocycles. The van der Waals surface area contributed by atoms with Crippen molar-refractivity contribution >= 4 is 28.9 Å². The number of carboxylic acid groups (broad SMARTS) is 1. The van der Waals surface area contributed by atoms with Crippen LogP contribution in [0.2, 0.25) is 0 Å². The average molecular weight is 286 g/mol. The lowest BCUT2D eigenvalue weighted by Crippen LogP contribution is -2.49. The molecular weight excluding hydrogens is 268 g/mol. The molecule has 2 saturated heterocycles. The quantitative estimate of drug-likeness (QED) is 0.827. The molecule has 1 N–H and O–H groups in total. The Morgan fingerprint density at radius 1 is 1.42 bits per heavy atom. The molecule has 2 aliphatic heterocycles. The summed E-state index contributed by atoms with van der Waals surface area (Å²) in [7, 11) is 0. The van der Waals surface area contributed by atoms with Crippen LogP contribution in [0.25, 0.3) is 0 Å². The molecule has 6 nitrogen and oxygen atoms in total. The SMILES string of the molecule is CC1CC(C(=O)O)CN(C(=O)CN2CCSC2=O)C1. The van der Waals surface area contributed by atoms with Crippen LogP contribution in [-0.2, 0) is 9.59 Å². The molecule has 7 heteroatoms. The third-order valence-electron chi connectivity index (χ3n) is 3.53. The van der Waals surface area contributed by atoms with Gasteiger partial charge in [-0.1, -0.05) is 18.7 Å². The van der Waals surface area contributed by atoms with Gasteiger partial charge in [0.05, 0.1) is 5.92 Å². The molecule has 106 valence electrons. The summed E-state index contributed by atoms with van der Waals surface area (Å²) in [4.78, 5) is 37.8. The second-order valence-corrected chi connectivity index (χ2v) is 6.26. The number of amides is 2. The second kappa shape index (κ2) is 5.81. The second-order valence-electron chi connectivity index (χ2n) is 5.21. The Balaban J connectivity index is 1.94. The van der Waals surface area contributed by atoms with Crippen LogP contribution in [0.3, 0.4) is 0 Å². The van der Waals surface area contributed by atoms with E-state index in [0.29, 0.717) is 19.5 Å². The minimum absolute atomic E-state index is 0.0619. The molecule has 0 aromatic heterocycles. The van der Waals surface area contributed by atoms with Crippen molar-refractivity contribution in [1.29, 1.82) is 0 Å². The van der Waals surface area contributed by atoms with Gasteiger partial charge >= 0.3 is 5.97 Å². The van der Waals surface area contributed by atoms with Gasteiger partial charge in [-0.05, 0) is 12.3 Å². The Labute approximate surface area is 116 Å². The summed E-state index contributed by atoms with van der Waals surface area (Å²) in [5.74, 6) is -0.579. The van der Waals surface area contributed by atoms with E-state index in [0.717, 1.165) is 5.75 Å². The van der Waals surface area contributed by atoms with Gasteiger partial charge < -0.3 is 14.9 Å². The van der Waals surface area contributed by atoms with Crippen molar-refractivity contribution in [2.45, 2.75) is 13.3 Å². The first-order valence-electron chi connectivity index (χ1n) is 6.39. The van der Waals surface area contributed by atoms with E-state index in [-0.39, 0.29) is 30.2 Å². The Kier molecular flexibility index (Phi) is 4.34. The number of carboxylic acids is 1. The van der Waals surface area contributed by atoms with Gasteiger partial charge in [-0.15, -0.1) is 0 Å². The van der Waals surface area contributed by atoms with E-state index in [1.807, 2.05) is 6.92 Å². The number of thioether (sulfide) groups is 1. The normalized spacial score (nSPS) is 27.7. The molecular formula is C12H18N2O4S. The number of rotatable bonds is 3. The van der Waals surface area contributed by atoms with Crippen molar-refractivity contribution in [2.24, 2.45) is 11.8 Å². The summed E-state index contributed by atoms with van der Waals surface area (Å²) in [5.41, 5.74) is 0. The lowest BCUT2D eigenvalue weighted by Gasteiger charge is -2.35. The molecule has 0 radical (unpaired) electrons. The molecule has 2 rings (SSSR count). The number of aliphatic carboxylic acids is 1. The molecule has 2 aliphatic rings. The summed E-state index contributed by atoms with van der Waals surface area (Å²) in [6.45, 7) is 3.46. The summed E-state index contributed by atoms with van der Waals surface area (Å²) in [6, 6.07) is 0. The minimum Gasteiger partial charge on any atom is -0.481 e. The highest BCUT2D eigenvalue weighted by Gasteiger charge is 2.33. The molecule has 0 bridgehead atoms. The van der Waals surface area contributed by atoms with Crippen LogP contribution >= 0.6 is 11.8 Å². The molecule has 2 heterocycles. The van der Waals surface area contributed by atoms with Crippen molar-refractivity contribution < 1.29 is 19.5 Å². The van der Waals surface area contributed by atoms with Gasteiger partial charge in [0.25, 0.3) is 5.24 Å². The third-order valence-corrected chi connectivity index (χ3v) is 4.42. The molecule has 0 aromatic rings. The Morgan fingerprint density at radius 2 is 2.16 bits per heavy atom. The van der Waals surface area contributed by atoms with Gasteiger partial charge in [0.1, 0.15) is 6.54 Å². The number of nitrogens with zero attached hydrogens (tertiary/aromatic N) is 2. The van der Waals surface area contributed by atoms with Gasteiger partial charge in [0, 0.05) is 25.4 Å². The summed E-state index contributed by atoms with van der Waals surface area (Å²) >= 11 is 1.22. The monoisotopic (exact) mass is 286 g/mol. The van der Waals surface area contributed by atoms with Gasteiger partial charge in [-0.2, -0.15) is 0 Å². The fourth-order valence-electron chi connectivity index (χ4n) is 2.57. The smallest absolute Gasteiger partial charge is 0.308 e. The van der Waals surface area contributed by atoms with Crippen molar-refractivity contribution in [3.8, 4) is 0 Å². The molecule has 0 aliphatic carbocycles. The third kappa shape index (κ3) is 3.40. The van der Waals surface area contributed by atoms with E-state index < -0.39 is 11.9 Å². The minimum atomic E-state index is -0.850. The number of carbonyl (C=O) groups excluding carboxylic acids is 2. The highest BCUT2D eigenvalue weighted by atomic mass is 32.2. The summed E-state index contributed by atoms with van der Waals surface area (Å²) < 4.78 is 0. The van der Waals surface area contributed by atoms with E-state index in [2.05, 4.69) is 0 Å². The number of hydrogen-bond acceptors (Lipinski definition) is 4. The molecule has 2 atom stereocenters. The molecule has 19 heavy (non-hydrogen) atoms. The van der Waals surface area contributed by atoms with E-state index in [1.54, 1.807) is 4.90 Å². The lowest BCUT2D eigenvalue weighted by atomic mass is 9.90. The fraction of sp³-hybridized carbons (Fsp3) is 0.750. The standard InChI is InChI=1S/C12H18N2O4S/c1-8-4-9(11(16)17)6-14(5-8)10(15)7-13-2-3-19-12(13)18/h8-9H,2-7H2,1H3,(H,16,17). The van der Waals surface area contributed by atoms with Crippen molar-refractivity contribution in [1.82, 2.24) is 9.80 Å². The zero-order valence-corrected chi connectivity index (χ0v) is 11.7. The van der Waals surface area contributed by atoms with E-state index in [4.69, 9.17) is 5.11 Å². The lowest BCUT2D eigenvalue weighted by molar-refractivity contribution is -0.147. The van der Waals surface area contributed by atoms with Gasteiger partial charge in [-0.25, -0.2) is 0 Å². The van der Waals surface area contributed by atoms with Gasteiger partial charge in [-0.3, -0.25) is 14.4 Å². The highest BCUT2D eigenvalue weighted by Crippen LogP contribution is 2.23. The zero-order valence-electron chi connectivity index (χ0n) is 10.9. The maximum Gasteiger partial charge on any atom is 0.308 e. The fourth-order valence-corrected chi connectivity index (χ4v) is 3.39. The first-order chi connectivity index (χ1) is 8.97. The predicted molar refractivity (Wildman–Crippen MR) is 70.9 cm³/mol. The van der Waals surface area contributed by atoms with Crippen LogP contribution in [0.4, 0.5) is 4.79 Å². The molecule has 2 amide bonds. The van der Waals surface area contributed by atoms with E-state index in [9.17, 15) is 14.4 Å². The van der Waals surface area contributed by atoms with Crippen molar-refractivity contribution in [2.75, 3.05) is 31.9 Å². The van der Waals surface area contributed by atoms with Crippen LogP contribution < -0.4 is 0 Å². The first-order valence-corrected chi connectivity index (χ1v) is 7.38. The topological polar surface area (TPSA) is 77.9 Å². The molecule has 2 unspecified atom stereocenters. The van der Waals surface area contributed by atoms with Gasteiger partial charge in [0.15, 0.2) is 0 Å². The zero-order chi connectivity index (χ0) is 14.0. The predicted octanol–water partition coefficient (Wildman–Crippen LogP) is 0.724. The first kappa shape index (κ1) is 14.2. The summed E-state index contributed by atoms with van der Waals surface area (Å²) in [5, 5.41) is 9.01. The number of hydrogen-bond donors (Lipinski definition) is 1. The van der Waals surface area contributed by atoms with E-state index in [1.165, 1.54) is 16.7 Å². The van der Waals surface area contributed by atoms with Crippen LogP contribution in [0.1, 0.15) is 13.3 Å². The largest absolute Gasteiger partial charge is 0.481 e. The number of carbonyl (C=O) groups is 3. The molecule has 0 spiro atoms.